The van der Waals surface area contributed by atoms with Crippen molar-refractivity contribution in [2.75, 3.05) is 13.6 Å². The largest absolute Gasteiger partial charge is 0.342 e. The topological polar surface area (TPSA) is 79.6 Å². The Labute approximate surface area is 80.7 Å². The molecule has 0 radical (unpaired) electrons. The van der Waals surface area contributed by atoms with Crippen LogP contribution in [-0.2, 0) is 6.42 Å². The number of rotatable bonds is 4. The minimum absolute atomic E-state index is 0.501. The van der Waals surface area contributed by atoms with Crippen LogP contribution in [0.5, 0.6) is 0 Å². The van der Waals surface area contributed by atoms with Crippen molar-refractivity contribution >= 4 is 0 Å². The van der Waals surface area contributed by atoms with E-state index in [1.165, 1.54) is 0 Å². The molecule has 2 aromatic heterocycles. The molecule has 6 nitrogen and oxygen atoms in total. The van der Waals surface area contributed by atoms with Crippen molar-refractivity contribution in [3.8, 4) is 11.6 Å². The Bertz CT molecular complexity index is 380. The highest BCUT2D eigenvalue weighted by Gasteiger charge is 2.09. The van der Waals surface area contributed by atoms with Gasteiger partial charge in [0.15, 0.2) is 5.82 Å². The van der Waals surface area contributed by atoms with Crippen LogP contribution >= 0.6 is 0 Å². The number of aromatic amines is 1. The molecule has 0 saturated heterocycles. The Hall–Kier alpha value is -1.69. The van der Waals surface area contributed by atoms with Crippen LogP contribution in [0.4, 0.5) is 0 Å². The van der Waals surface area contributed by atoms with E-state index < -0.39 is 0 Å². The van der Waals surface area contributed by atoms with Crippen LogP contribution in [0.2, 0.25) is 0 Å². The number of H-pyrrole nitrogens is 1. The zero-order valence-electron chi connectivity index (χ0n) is 7.82. The van der Waals surface area contributed by atoms with Gasteiger partial charge in [-0.05, 0) is 7.05 Å². The molecule has 0 saturated carbocycles. The van der Waals surface area contributed by atoms with Crippen molar-refractivity contribution in [3.63, 3.8) is 0 Å². The Morgan fingerprint density at radius 2 is 2.50 bits per heavy atom. The standard InChI is InChI=1S/C8H11N5O/c1-9-3-2-6-12-8(13-14-6)7-10-4-5-11-7/h4-5,9H,2-3H2,1H3,(H,10,11). The molecule has 0 amide bonds. The van der Waals surface area contributed by atoms with E-state index in [-0.39, 0.29) is 0 Å². The zero-order valence-corrected chi connectivity index (χ0v) is 7.82. The first kappa shape index (κ1) is 8.89. The summed E-state index contributed by atoms with van der Waals surface area (Å²) in [6.45, 7) is 0.819. The second-order valence-electron chi connectivity index (χ2n) is 2.80. The number of likely N-dealkylation sites (N-methyl/N-ethyl adjacent to an activating group) is 1. The van der Waals surface area contributed by atoms with E-state index >= 15 is 0 Å². The lowest BCUT2D eigenvalue weighted by Gasteiger charge is -1.90. The van der Waals surface area contributed by atoms with E-state index in [2.05, 4.69) is 25.4 Å². The molecule has 2 rings (SSSR count). The molecule has 0 aliphatic rings. The summed E-state index contributed by atoms with van der Waals surface area (Å²) >= 11 is 0. The second kappa shape index (κ2) is 4.01. The van der Waals surface area contributed by atoms with Gasteiger partial charge in [0.1, 0.15) is 0 Å². The molecular weight excluding hydrogens is 182 g/mol. The highest BCUT2D eigenvalue weighted by atomic mass is 16.5. The van der Waals surface area contributed by atoms with E-state index in [1.54, 1.807) is 12.4 Å². The van der Waals surface area contributed by atoms with Gasteiger partial charge in [-0.25, -0.2) is 4.98 Å². The number of imidazole rings is 1. The predicted molar refractivity (Wildman–Crippen MR) is 49.5 cm³/mol. The molecule has 0 bridgehead atoms. The van der Waals surface area contributed by atoms with Crippen molar-refractivity contribution in [3.05, 3.63) is 18.3 Å². The number of hydrogen-bond acceptors (Lipinski definition) is 5. The monoisotopic (exact) mass is 193 g/mol. The molecule has 0 aromatic carbocycles. The minimum atomic E-state index is 0.501. The Kier molecular flexibility index (Phi) is 2.55. The fourth-order valence-corrected chi connectivity index (χ4v) is 1.07. The molecule has 0 aliphatic carbocycles. The SMILES string of the molecule is CNCCc1nc(-c2ncc[nH]2)no1. The van der Waals surface area contributed by atoms with Crippen LogP contribution in [0.1, 0.15) is 5.89 Å². The third-order valence-electron chi connectivity index (χ3n) is 1.77. The van der Waals surface area contributed by atoms with Gasteiger partial charge in [0, 0.05) is 25.4 Å². The first-order valence-corrected chi connectivity index (χ1v) is 4.37. The molecule has 2 heterocycles. The minimum Gasteiger partial charge on any atom is -0.342 e. The molecule has 2 aromatic rings. The third kappa shape index (κ3) is 1.80. The fraction of sp³-hybridized carbons (Fsp3) is 0.375. The van der Waals surface area contributed by atoms with Crippen molar-refractivity contribution in [2.24, 2.45) is 0 Å². The van der Waals surface area contributed by atoms with Crippen molar-refractivity contribution in [1.82, 2.24) is 25.4 Å². The quantitative estimate of drug-likeness (QED) is 0.726. The van der Waals surface area contributed by atoms with Crippen LogP contribution in [0, 0.1) is 0 Å². The van der Waals surface area contributed by atoms with Gasteiger partial charge >= 0.3 is 0 Å². The maximum atomic E-state index is 5.03. The van der Waals surface area contributed by atoms with Crippen LogP contribution in [0.3, 0.4) is 0 Å². The summed E-state index contributed by atoms with van der Waals surface area (Å²) in [6.07, 6.45) is 4.10. The van der Waals surface area contributed by atoms with Gasteiger partial charge in [-0.15, -0.1) is 0 Å². The molecule has 0 unspecified atom stereocenters. The number of aromatic nitrogens is 4. The van der Waals surface area contributed by atoms with E-state index in [1.807, 2.05) is 7.05 Å². The molecule has 14 heavy (non-hydrogen) atoms. The molecule has 0 aliphatic heterocycles. The lowest BCUT2D eigenvalue weighted by atomic mass is 10.4. The molecule has 0 spiro atoms. The molecule has 2 N–H and O–H groups in total. The van der Waals surface area contributed by atoms with Crippen LogP contribution in [0.25, 0.3) is 11.6 Å². The predicted octanol–water partition coefficient (Wildman–Crippen LogP) is 0.222. The van der Waals surface area contributed by atoms with Gasteiger partial charge < -0.3 is 14.8 Å². The summed E-state index contributed by atoms with van der Waals surface area (Å²) < 4.78 is 5.03. The first-order chi connectivity index (χ1) is 6.90. The number of hydrogen-bond donors (Lipinski definition) is 2. The summed E-state index contributed by atoms with van der Waals surface area (Å²) in [4.78, 5) is 11.1. The lowest BCUT2D eigenvalue weighted by Crippen LogP contribution is -2.10. The van der Waals surface area contributed by atoms with Gasteiger partial charge in [0.25, 0.3) is 0 Å². The molecular formula is C8H11N5O. The van der Waals surface area contributed by atoms with Gasteiger partial charge in [-0.2, -0.15) is 4.98 Å². The van der Waals surface area contributed by atoms with E-state index in [9.17, 15) is 0 Å². The highest BCUT2D eigenvalue weighted by molar-refractivity contribution is 5.40. The van der Waals surface area contributed by atoms with Gasteiger partial charge in [0.05, 0.1) is 0 Å². The second-order valence-corrected chi connectivity index (χ2v) is 2.80. The summed E-state index contributed by atoms with van der Waals surface area (Å²) in [5.74, 6) is 1.75. The summed E-state index contributed by atoms with van der Waals surface area (Å²) in [5, 5.41) is 6.81. The summed E-state index contributed by atoms with van der Waals surface area (Å²) in [5.41, 5.74) is 0. The van der Waals surface area contributed by atoms with Crippen LogP contribution < -0.4 is 5.32 Å². The van der Waals surface area contributed by atoms with Gasteiger partial charge in [-0.1, -0.05) is 5.16 Å². The Morgan fingerprint density at radius 3 is 3.21 bits per heavy atom. The molecule has 74 valence electrons. The Balaban J connectivity index is 2.10. The van der Waals surface area contributed by atoms with Crippen molar-refractivity contribution < 1.29 is 4.52 Å². The van der Waals surface area contributed by atoms with Crippen molar-refractivity contribution in [2.45, 2.75) is 6.42 Å². The first-order valence-electron chi connectivity index (χ1n) is 4.37. The zero-order chi connectivity index (χ0) is 9.80. The fourth-order valence-electron chi connectivity index (χ4n) is 1.07. The maximum absolute atomic E-state index is 5.03. The van der Waals surface area contributed by atoms with E-state index in [4.69, 9.17) is 4.52 Å². The lowest BCUT2D eigenvalue weighted by molar-refractivity contribution is 0.377. The maximum Gasteiger partial charge on any atom is 0.238 e. The average Bonchev–Trinajstić information content (AvgIpc) is 2.85. The average molecular weight is 193 g/mol. The normalized spacial score (nSPS) is 10.6. The number of nitrogens with one attached hydrogen (secondary N) is 2. The van der Waals surface area contributed by atoms with E-state index in [0.29, 0.717) is 17.5 Å². The third-order valence-corrected chi connectivity index (χ3v) is 1.77. The summed E-state index contributed by atoms with van der Waals surface area (Å²) in [7, 11) is 1.88. The van der Waals surface area contributed by atoms with Crippen LogP contribution in [0.15, 0.2) is 16.9 Å². The molecule has 6 heteroatoms. The van der Waals surface area contributed by atoms with Crippen molar-refractivity contribution in [1.29, 1.82) is 0 Å². The number of nitrogens with zero attached hydrogens (tertiary/aromatic N) is 3. The summed E-state index contributed by atoms with van der Waals surface area (Å²) in [6, 6.07) is 0. The Morgan fingerprint density at radius 1 is 1.57 bits per heavy atom. The van der Waals surface area contributed by atoms with Gasteiger partial charge in [0.2, 0.25) is 11.7 Å². The highest BCUT2D eigenvalue weighted by Crippen LogP contribution is 2.09. The van der Waals surface area contributed by atoms with E-state index in [0.717, 1.165) is 13.0 Å². The smallest absolute Gasteiger partial charge is 0.238 e. The molecule has 0 fully saturated rings. The van der Waals surface area contributed by atoms with Crippen LogP contribution in [-0.4, -0.2) is 33.7 Å². The molecule has 0 atom stereocenters. The van der Waals surface area contributed by atoms with Gasteiger partial charge in [-0.3, -0.25) is 0 Å².